The van der Waals surface area contributed by atoms with Gasteiger partial charge in [0.2, 0.25) is 0 Å². The molecule has 0 saturated heterocycles. The van der Waals surface area contributed by atoms with Crippen molar-refractivity contribution in [2.75, 3.05) is 13.2 Å². The summed E-state index contributed by atoms with van der Waals surface area (Å²) in [6.45, 7) is 6.82. The maximum atomic E-state index is 12.2. The Morgan fingerprint density at radius 1 is 1.04 bits per heavy atom. The molecular weight excluding hydrogens is 302 g/mol. The first-order valence-electron chi connectivity index (χ1n) is 8.29. The maximum Gasteiger partial charge on any atom is 0.261 e. The van der Waals surface area contributed by atoms with Crippen molar-refractivity contribution in [2.45, 2.75) is 33.3 Å². The van der Waals surface area contributed by atoms with Crippen molar-refractivity contribution in [1.29, 1.82) is 0 Å². The molecule has 0 aliphatic rings. The second kappa shape index (κ2) is 8.96. The number of hydrogen-bond acceptors (Lipinski definition) is 3. The molecule has 2 aromatic rings. The van der Waals surface area contributed by atoms with Gasteiger partial charge >= 0.3 is 0 Å². The number of hydrogen-bond donors (Lipinski definition) is 1. The number of nitrogens with one attached hydrogen (secondary N) is 1. The van der Waals surface area contributed by atoms with Crippen LogP contribution in [0.5, 0.6) is 11.5 Å². The molecule has 24 heavy (non-hydrogen) atoms. The average Bonchev–Trinajstić information content (AvgIpc) is 2.56. The number of ether oxygens (including phenoxy) is 2. The second-order valence-corrected chi connectivity index (χ2v) is 5.79. The molecule has 1 atom stereocenters. The molecular formula is C20H25NO3. The maximum absolute atomic E-state index is 12.2. The molecule has 0 unspecified atom stereocenters. The lowest BCUT2D eigenvalue weighted by Gasteiger charge is -2.17. The van der Waals surface area contributed by atoms with E-state index in [-0.39, 0.29) is 5.91 Å². The third kappa shape index (κ3) is 5.61. The van der Waals surface area contributed by atoms with Crippen molar-refractivity contribution in [3.05, 3.63) is 59.7 Å². The lowest BCUT2D eigenvalue weighted by atomic mass is 10.2. The molecule has 0 radical (unpaired) electrons. The second-order valence-electron chi connectivity index (χ2n) is 5.79. The summed E-state index contributed by atoms with van der Waals surface area (Å²) in [4.78, 5) is 12.2. The summed E-state index contributed by atoms with van der Waals surface area (Å²) in [6.07, 6.45) is 0.115. The lowest BCUT2D eigenvalue weighted by Crippen LogP contribution is -2.39. The number of benzene rings is 2. The van der Waals surface area contributed by atoms with E-state index in [0.29, 0.717) is 25.3 Å². The van der Waals surface area contributed by atoms with Crippen LogP contribution in [0.1, 0.15) is 24.5 Å². The van der Waals surface area contributed by atoms with Crippen molar-refractivity contribution in [2.24, 2.45) is 0 Å². The zero-order valence-corrected chi connectivity index (χ0v) is 14.5. The normalized spacial score (nSPS) is 11.6. The Hall–Kier alpha value is -2.49. The highest BCUT2D eigenvalue weighted by Crippen LogP contribution is 2.15. The van der Waals surface area contributed by atoms with Crippen LogP contribution in [0.4, 0.5) is 0 Å². The Morgan fingerprint density at radius 2 is 1.67 bits per heavy atom. The minimum absolute atomic E-state index is 0.119. The molecule has 0 heterocycles. The highest BCUT2D eigenvalue weighted by molar-refractivity contribution is 5.81. The van der Waals surface area contributed by atoms with Gasteiger partial charge in [0.25, 0.3) is 5.91 Å². The number of carbonyl (C=O) groups excluding carboxylic acids is 1. The number of aryl methyl sites for hydroxylation is 2. The van der Waals surface area contributed by atoms with Crippen molar-refractivity contribution in [1.82, 2.24) is 5.32 Å². The molecule has 0 aromatic heterocycles. The van der Waals surface area contributed by atoms with Gasteiger partial charge in [0.15, 0.2) is 6.10 Å². The molecule has 1 amide bonds. The zero-order valence-electron chi connectivity index (χ0n) is 14.5. The van der Waals surface area contributed by atoms with Crippen LogP contribution < -0.4 is 14.8 Å². The fourth-order valence-electron chi connectivity index (χ4n) is 2.34. The molecule has 1 N–H and O–H groups in total. The molecule has 0 fully saturated rings. The zero-order chi connectivity index (χ0) is 17.4. The SMILES string of the molecule is CC[C@@H](Oc1cccc(C)c1)C(=O)NCCOc1cccc(C)c1. The predicted molar refractivity (Wildman–Crippen MR) is 95.6 cm³/mol. The van der Waals surface area contributed by atoms with Crippen LogP contribution >= 0.6 is 0 Å². The van der Waals surface area contributed by atoms with Crippen molar-refractivity contribution < 1.29 is 14.3 Å². The monoisotopic (exact) mass is 327 g/mol. The Balaban J connectivity index is 1.77. The smallest absolute Gasteiger partial charge is 0.261 e. The van der Waals surface area contributed by atoms with Crippen LogP contribution in [0.15, 0.2) is 48.5 Å². The summed E-state index contributed by atoms with van der Waals surface area (Å²) in [7, 11) is 0. The van der Waals surface area contributed by atoms with E-state index in [2.05, 4.69) is 5.32 Å². The largest absolute Gasteiger partial charge is 0.492 e. The van der Waals surface area contributed by atoms with Gasteiger partial charge in [-0.25, -0.2) is 0 Å². The van der Waals surface area contributed by atoms with E-state index in [1.54, 1.807) is 0 Å². The van der Waals surface area contributed by atoms with E-state index >= 15 is 0 Å². The molecule has 0 bridgehead atoms. The van der Waals surface area contributed by atoms with Gasteiger partial charge in [-0.2, -0.15) is 0 Å². The van der Waals surface area contributed by atoms with Gasteiger partial charge in [0.05, 0.1) is 6.54 Å². The molecule has 0 aliphatic carbocycles. The fourth-order valence-corrected chi connectivity index (χ4v) is 2.34. The van der Waals surface area contributed by atoms with E-state index in [1.807, 2.05) is 69.3 Å². The first-order valence-corrected chi connectivity index (χ1v) is 8.29. The molecule has 0 saturated carbocycles. The van der Waals surface area contributed by atoms with Crippen molar-refractivity contribution in [3.63, 3.8) is 0 Å². The first kappa shape index (κ1) is 17.9. The van der Waals surface area contributed by atoms with Gasteiger partial charge in [-0.1, -0.05) is 31.2 Å². The molecule has 2 rings (SSSR count). The quantitative estimate of drug-likeness (QED) is 0.753. The highest BCUT2D eigenvalue weighted by Gasteiger charge is 2.17. The minimum Gasteiger partial charge on any atom is -0.492 e. The third-order valence-electron chi connectivity index (χ3n) is 3.59. The Morgan fingerprint density at radius 3 is 2.29 bits per heavy atom. The van der Waals surface area contributed by atoms with Gasteiger partial charge in [-0.05, 0) is 55.7 Å². The van der Waals surface area contributed by atoms with Gasteiger partial charge in [-0.15, -0.1) is 0 Å². The van der Waals surface area contributed by atoms with Crippen molar-refractivity contribution >= 4 is 5.91 Å². The number of rotatable bonds is 8. The van der Waals surface area contributed by atoms with Crippen LogP contribution in [-0.2, 0) is 4.79 Å². The van der Waals surface area contributed by atoms with Gasteiger partial charge in [0.1, 0.15) is 18.1 Å². The Labute approximate surface area is 143 Å². The van der Waals surface area contributed by atoms with Gasteiger partial charge in [0, 0.05) is 0 Å². The molecule has 0 aliphatic heterocycles. The minimum atomic E-state index is -0.495. The van der Waals surface area contributed by atoms with Crippen LogP contribution in [0.2, 0.25) is 0 Å². The lowest BCUT2D eigenvalue weighted by molar-refractivity contribution is -0.128. The average molecular weight is 327 g/mol. The predicted octanol–water partition coefficient (Wildman–Crippen LogP) is 3.66. The topological polar surface area (TPSA) is 47.6 Å². The summed E-state index contributed by atoms with van der Waals surface area (Å²) in [5.74, 6) is 1.41. The van der Waals surface area contributed by atoms with Gasteiger partial charge < -0.3 is 14.8 Å². The summed E-state index contributed by atoms with van der Waals surface area (Å²) in [6, 6.07) is 15.6. The molecule has 0 spiro atoms. The Kier molecular flexibility index (Phi) is 6.67. The standard InChI is InChI=1S/C20H25NO3/c1-4-19(24-18-10-6-8-16(3)14-18)20(22)21-11-12-23-17-9-5-7-15(2)13-17/h5-10,13-14,19H,4,11-12H2,1-3H3,(H,21,22)/t19-/m1/s1. The fraction of sp³-hybridized carbons (Fsp3) is 0.350. The van der Waals surface area contributed by atoms with Gasteiger partial charge in [-0.3, -0.25) is 4.79 Å². The third-order valence-corrected chi connectivity index (χ3v) is 3.59. The van der Waals surface area contributed by atoms with E-state index in [9.17, 15) is 4.79 Å². The summed E-state index contributed by atoms with van der Waals surface area (Å²) in [5, 5.41) is 2.86. The van der Waals surface area contributed by atoms with Crippen LogP contribution in [-0.4, -0.2) is 25.2 Å². The summed E-state index contributed by atoms with van der Waals surface area (Å²) in [5.41, 5.74) is 2.25. The number of amides is 1. The number of carbonyl (C=O) groups is 1. The van der Waals surface area contributed by atoms with E-state index in [4.69, 9.17) is 9.47 Å². The van der Waals surface area contributed by atoms with Crippen molar-refractivity contribution in [3.8, 4) is 11.5 Å². The molecule has 2 aromatic carbocycles. The molecule has 128 valence electrons. The highest BCUT2D eigenvalue weighted by atomic mass is 16.5. The van der Waals surface area contributed by atoms with E-state index in [0.717, 1.165) is 16.9 Å². The summed E-state index contributed by atoms with van der Waals surface area (Å²) < 4.78 is 11.4. The van der Waals surface area contributed by atoms with Crippen LogP contribution in [0.3, 0.4) is 0 Å². The molecule has 4 heteroatoms. The van der Waals surface area contributed by atoms with Crippen LogP contribution in [0.25, 0.3) is 0 Å². The Bertz CT molecular complexity index is 669. The molecule has 4 nitrogen and oxygen atoms in total. The van der Waals surface area contributed by atoms with E-state index < -0.39 is 6.10 Å². The van der Waals surface area contributed by atoms with Crippen LogP contribution in [0, 0.1) is 13.8 Å². The summed E-state index contributed by atoms with van der Waals surface area (Å²) >= 11 is 0. The first-order chi connectivity index (χ1) is 11.6. The van der Waals surface area contributed by atoms with E-state index in [1.165, 1.54) is 0 Å².